The molecule has 0 aromatic carbocycles. The van der Waals surface area contributed by atoms with E-state index in [2.05, 4.69) is 16.0 Å². The van der Waals surface area contributed by atoms with Crippen LogP contribution in [0.25, 0.3) is 0 Å². The number of aromatic nitrogens is 1. The minimum atomic E-state index is 0.789. The molecule has 4 nitrogen and oxygen atoms in total. The van der Waals surface area contributed by atoms with Crippen molar-refractivity contribution in [3.63, 3.8) is 0 Å². The Balaban J connectivity index is 1.97. The van der Waals surface area contributed by atoms with Crippen molar-refractivity contribution in [3.8, 4) is 0 Å². The summed E-state index contributed by atoms with van der Waals surface area (Å²) in [4.78, 5) is 8.93. The predicted octanol–water partition coefficient (Wildman–Crippen LogP) is 0.807. The summed E-state index contributed by atoms with van der Waals surface area (Å²) in [7, 11) is 0. The first-order chi connectivity index (χ1) is 7.84. The third-order valence-corrected chi connectivity index (χ3v) is 3.94. The molecule has 3 heterocycles. The number of rotatable bonds is 1. The van der Waals surface area contributed by atoms with Crippen molar-refractivity contribution >= 4 is 17.6 Å². The van der Waals surface area contributed by atoms with E-state index in [0.29, 0.717) is 0 Å². The van der Waals surface area contributed by atoms with Crippen LogP contribution >= 0.6 is 11.8 Å². The number of thioether (sulfide) groups is 1. The number of aryl methyl sites for hydroxylation is 1. The highest BCUT2D eigenvalue weighted by Gasteiger charge is 2.18. The Morgan fingerprint density at radius 3 is 3.19 bits per heavy atom. The monoisotopic (exact) mass is 234 g/mol. The van der Waals surface area contributed by atoms with Crippen molar-refractivity contribution in [2.45, 2.75) is 12.2 Å². The van der Waals surface area contributed by atoms with Crippen LogP contribution < -0.4 is 5.84 Å². The molecule has 0 bridgehead atoms. The third kappa shape index (κ3) is 1.70. The molecule has 0 unspecified atom stereocenters. The zero-order valence-electron chi connectivity index (χ0n) is 9.02. The Kier molecular flexibility index (Phi) is 2.57. The first-order valence-corrected chi connectivity index (χ1v) is 6.62. The number of fused-ring (bicyclic) bond motifs is 1. The van der Waals surface area contributed by atoms with E-state index in [0.717, 1.165) is 36.7 Å². The molecule has 84 valence electrons. The molecule has 0 fully saturated rings. The van der Waals surface area contributed by atoms with Crippen LogP contribution in [0.3, 0.4) is 0 Å². The lowest BCUT2D eigenvalue weighted by atomic mass is 10.1. The van der Waals surface area contributed by atoms with E-state index in [1.54, 1.807) is 5.01 Å². The number of pyridine rings is 1. The van der Waals surface area contributed by atoms with E-state index < -0.39 is 0 Å². The number of amidine groups is 1. The van der Waals surface area contributed by atoms with Crippen molar-refractivity contribution in [2.75, 3.05) is 18.8 Å². The fourth-order valence-corrected chi connectivity index (χ4v) is 3.03. The highest BCUT2D eigenvalue weighted by Crippen LogP contribution is 2.24. The minimum Gasteiger partial charge on any atom is -0.293 e. The van der Waals surface area contributed by atoms with Crippen LogP contribution in [0.1, 0.15) is 16.8 Å². The molecule has 2 aliphatic rings. The average molecular weight is 234 g/mol. The average Bonchev–Trinajstić information content (AvgIpc) is 2.75. The second-order valence-electron chi connectivity index (χ2n) is 4.03. The summed E-state index contributed by atoms with van der Waals surface area (Å²) in [5.74, 6) is 8.98. The Bertz CT molecular complexity index is 444. The first-order valence-electron chi connectivity index (χ1n) is 5.47. The zero-order chi connectivity index (χ0) is 11.0. The van der Waals surface area contributed by atoms with Crippen LogP contribution in [0.15, 0.2) is 17.3 Å². The number of hydrogen-bond donors (Lipinski definition) is 1. The molecule has 0 radical (unpaired) electrons. The molecule has 0 atom stereocenters. The van der Waals surface area contributed by atoms with Gasteiger partial charge in [-0.25, -0.2) is 5.84 Å². The van der Waals surface area contributed by atoms with E-state index in [9.17, 15) is 0 Å². The summed E-state index contributed by atoms with van der Waals surface area (Å²) in [6, 6.07) is 2.19. The summed E-state index contributed by atoms with van der Waals surface area (Å²) in [5.41, 5.74) is 3.64. The van der Waals surface area contributed by atoms with Gasteiger partial charge in [0.25, 0.3) is 0 Å². The number of aliphatic imine (C=N–C) groups is 1. The third-order valence-electron chi connectivity index (χ3n) is 2.93. The highest BCUT2D eigenvalue weighted by molar-refractivity contribution is 7.98. The van der Waals surface area contributed by atoms with Crippen molar-refractivity contribution < 1.29 is 0 Å². The van der Waals surface area contributed by atoms with Gasteiger partial charge in [0.1, 0.15) is 5.84 Å². The molecular weight excluding hydrogens is 220 g/mol. The smallest absolute Gasteiger partial charge is 0.146 e. The molecule has 0 saturated heterocycles. The van der Waals surface area contributed by atoms with Gasteiger partial charge in [-0.05, 0) is 23.8 Å². The van der Waals surface area contributed by atoms with Crippen molar-refractivity contribution in [1.82, 2.24) is 9.99 Å². The number of nitrogens with zero attached hydrogens (tertiary/aromatic N) is 3. The second-order valence-corrected chi connectivity index (χ2v) is 5.14. The summed E-state index contributed by atoms with van der Waals surface area (Å²) in [6.45, 7) is 1.60. The molecule has 16 heavy (non-hydrogen) atoms. The Morgan fingerprint density at radius 2 is 2.38 bits per heavy atom. The van der Waals surface area contributed by atoms with Gasteiger partial charge in [0.05, 0.1) is 13.1 Å². The van der Waals surface area contributed by atoms with Gasteiger partial charge in [-0.1, -0.05) is 0 Å². The molecule has 1 aromatic rings. The molecule has 2 aliphatic heterocycles. The van der Waals surface area contributed by atoms with Crippen LogP contribution in [0.5, 0.6) is 0 Å². The van der Waals surface area contributed by atoms with E-state index >= 15 is 0 Å². The van der Waals surface area contributed by atoms with Gasteiger partial charge >= 0.3 is 0 Å². The molecule has 1 aromatic heterocycles. The fourth-order valence-electron chi connectivity index (χ4n) is 2.08. The molecule has 0 spiro atoms. The molecule has 0 saturated carbocycles. The molecular formula is C11H14N4S. The maximum atomic E-state index is 5.86. The van der Waals surface area contributed by atoms with Crippen LogP contribution in [0.2, 0.25) is 0 Å². The largest absolute Gasteiger partial charge is 0.293 e. The minimum absolute atomic E-state index is 0.789. The zero-order valence-corrected chi connectivity index (χ0v) is 9.83. The molecule has 0 amide bonds. The second kappa shape index (κ2) is 4.07. The summed E-state index contributed by atoms with van der Waals surface area (Å²) < 4.78 is 0. The predicted molar refractivity (Wildman–Crippen MR) is 66.4 cm³/mol. The summed E-state index contributed by atoms with van der Waals surface area (Å²) >= 11 is 1.96. The molecule has 3 rings (SSSR count). The van der Waals surface area contributed by atoms with Gasteiger partial charge in [-0.2, -0.15) is 11.8 Å². The van der Waals surface area contributed by atoms with Crippen molar-refractivity contribution in [2.24, 2.45) is 10.8 Å². The van der Waals surface area contributed by atoms with Gasteiger partial charge in [0, 0.05) is 23.2 Å². The van der Waals surface area contributed by atoms with Crippen LogP contribution in [0, 0.1) is 0 Å². The van der Waals surface area contributed by atoms with Crippen LogP contribution in [0.4, 0.5) is 0 Å². The van der Waals surface area contributed by atoms with Crippen molar-refractivity contribution in [1.29, 1.82) is 0 Å². The molecule has 5 heteroatoms. The first kappa shape index (κ1) is 10.1. The van der Waals surface area contributed by atoms with E-state index in [1.165, 1.54) is 17.0 Å². The van der Waals surface area contributed by atoms with Gasteiger partial charge < -0.3 is 0 Å². The van der Waals surface area contributed by atoms with Gasteiger partial charge in [0.2, 0.25) is 0 Å². The van der Waals surface area contributed by atoms with Gasteiger partial charge in [-0.3, -0.25) is 15.0 Å². The standard InChI is InChI=1S/C11H14N4S/c12-15-3-2-13-11(15)8-5-9-7-16-4-1-10(9)14-6-8/h5-6H,1-4,7,12H2. The Labute approximate surface area is 98.9 Å². The highest BCUT2D eigenvalue weighted by atomic mass is 32.2. The molecule has 0 aliphatic carbocycles. The van der Waals surface area contributed by atoms with Gasteiger partial charge in [0.15, 0.2) is 0 Å². The number of nitrogens with two attached hydrogens (primary N) is 1. The summed E-state index contributed by atoms with van der Waals surface area (Å²) in [5, 5.41) is 1.71. The number of hydrogen-bond acceptors (Lipinski definition) is 5. The van der Waals surface area contributed by atoms with E-state index in [1.807, 2.05) is 18.0 Å². The van der Waals surface area contributed by atoms with E-state index in [4.69, 9.17) is 5.84 Å². The maximum absolute atomic E-state index is 5.86. The lowest BCUT2D eigenvalue weighted by Gasteiger charge is -2.17. The lowest BCUT2D eigenvalue weighted by molar-refractivity contribution is 0.484. The molecule has 2 N–H and O–H groups in total. The topological polar surface area (TPSA) is 54.5 Å². The van der Waals surface area contributed by atoms with Crippen LogP contribution in [-0.2, 0) is 12.2 Å². The SMILES string of the molecule is NN1CCN=C1c1cnc2c(c1)CSCC2. The fraction of sp³-hybridized carbons (Fsp3) is 0.455. The lowest BCUT2D eigenvalue weighted by Crippen LogP contribution is -2.35. The normalized spacial score (nSPS) is 19.6. The quantitative estimate of drug-likeness (QED) is 0.731. The number of hydrazine groups is 1. The van der Waals surface area contributed by atoms with Crippen molar-refractivity contribution in [3.05, 3.63) is 29.1 Å². The van der Waals surface area contributed by atoms with Crippen LogP contribution in [-0.4, -0.2) is 34.7 Å². The Hall–Kier alpha value is -1.07. The maximum Gasteiger partial charge on any atom is 0.146 e. The van der Waals surface area contributed by atoms with E-state index in [-0.39, 0.29) is 0 Å². The summed E-state index contributed by atoms with van der Waals surface area (Å²) in [6.07, 6.45) is 2.98. The Morgan fingerprint density at radius 1 is 1.44 bits per heavy atom. The van der Waals surface area contributed by atoms with Gasteiger partial charge in [-0.15, -0.1) is 0 Å².